The van der Waals surface area contributed by atoms with Crippen molar-refractivity contribution in [2.45, 2.75) is 51.5 Å². The molecule has 0 aliphatic carbocycles. The van der Waals surface area contributed by atoms with Crippen molar-refractivity contribution in [1.29, 1.82) is 0 Å². The second-order valence-electron chi connectivity index (χ2n) is 13.1. The summed E-state index contributed by atoms with van der Waals surface area (Å²) >= 11 is 0. The van der Waals surface area contributed by atoms with Gasteiger partial charge in [0.25, 0.3) is 0 Å². The number of rotatable bonds is 8. The summed E-state index contributed by atoms with van der Waals surface area (Å²) in [5.41, 5.74) is 4.91. The topological polar surface area (TPSA) is 35.0 Å². The molecule has 0 radical (unpaired) electrons. The lowest BCUT2D eigenvalue weighted by Gasteiger charge is -2.59. The summed E-state index contributed by atoms with van der Waals surface area (Å²) in [7, 11) is 0. The summed E-state index contributed by atoms with van der Waals surface area (Å²) in [5, 5.41) is 6.65. The van der Waals surface area contributed by atoms with Gasteiger partial charge in [-0.15, -0.1) is 0 Å². The number of para-hydroxylation sites is 1. The van der Waals surface area contributed by atoms with Gasteiger partial charge in [0.1, 0.15) is 18.7 Å². The van der Waals surface area contributed by atoms with E-state index in [0.717, 1.165) is 33.9 Å². The van der Waals surface area contributed by atoms with E-state index in [-0.39, 0.29) is 6.10 Å². The van der Waals surface area contributed by atoms with Gasteiger partial charge in [-0.2, -0.15) is 0 Å². The van der Waals surface area contributed by atoms with Crippen LogP contribution in [0, 0.1) is 11.8 Å². The average Bonchev–Trinajstić information content (AvgIpc) is 3.09. The Labute approximate surface area is 259 Å². The zero-order chi connectivity index (χ0) is 29.5. The molecule has 2 aromatic heterocycles. The van der Waals surface area contributed by atoms with Gasteiger partial charge in [-0.05, 0) is 69.3 Å². The first-order valence-electron chi connectivity index (χ1n) is 16.3. The first kappa shape index (κ1) is 27.4. The molecule has 3 saturated heterocycles. The number of nitrogens with zero attached hydrogens (tertiary/aromatic N) is 3. The van der Waals surface area contributed by atoms with Gasteiger partial charge in [0.2, 0.25) is 0 Å². The Balaban J connectivity index is 1.29. The molecule has 3 aliphatic heterocycles. The molecule has 0 spiro atoms. The molecule has 5 heterocycles. The van der Waals surface area contributed by atoms with Crippen LogP contribution in [0.3, 0.4) is 0 Å². The third-order valence-electron chi connectivity index (χ3n) is 10.8. The van der Waals surface area contributed by atoms with Crippen LogP contribution in [0.5, 0.6) is 0 Å². The fourth-order valence-electron chi connectivity index (χ4n) is 8.68. The summed E-state index contributed by atoms with van der Waals surface area (Å²) in [5.74, 6) is 1.49. The van der Waals surface area contributed by atoms with Gasteiger partial charge in [0, 0.05) is 48.3 Å². The number of fused-ring (bicyclic) bond motifs is 6. The van der Waals surface area contributed by atoms with Crippen LogP contribution in [0.4, 0.5) is 0 Å². The van der Waals surface area contributed by atoms with Crippen LogP contribution >= 0.6 is 0 Å². The van der Waals surface area contributed by atoms with Crippen LogP contribution in [-0.4, -0.2) is 33.6 Å². The fourth-order valence-corrected chi connectivity index (χ4v) is 8.68. The van der Waals surface area contributed by atoms with Crippen LogP contribution in [0.2, 0.25) is 0 Å². The predicted molar refractivity (Wildman–Crippen MR) is 179 cm³/mol. The summed E-state index contributed by atoms with van der Waals surface area (Å²) in [6.07, 6.45) is 9.43. The summed E-state index contributed by atoms with van der Waals surface area (Å²) < 4.78 is 8.21. The molecule has 220 valence electrons. The number of hydrogen-bond donors (Lipinski definition) is 0. The Morgan fingerprint density at radius 2 is 1.59 bits per heavy atom. The second-order valence-corrected chi connectivity index (χ2v) is 13.1. The molecule has 0 amide bonds. The Morgan fingerprint density at radius 1 is 0.841 bits per heavy atom. The van der Waals surface area contributed by atoms with Crippen molar-refractivity contribution in [3.05, 3.63) is 132 Å². The van der Waals surface area contributed by atoms with E-state index >= 15 is 0 Å². The molecular weight excluding hydrogens is 538 g/mol. The maximum absolute atomic E-state index is 7.14. The first-order chi connectivity index (χ1) is 21.7. The Bertz CT molecular complexity index is 1880. The quantitative estimate of drug-likeness (QED) is 0.134. The third kappa shape index (κ3) is 4.77. The van der Waals surface area contributed by atoms with Crippen molar-refractivity contribution in [3.63, 3.8) is 0 Å². The highest BCUT2D eigenvalue weighted by molar-refractivity contribution is 6.02. The SMILES string of the molecule is CC[C@H]1C[N@+]2(Cc3c4ccccc4cc4ccccc34)CC[C@H]1C[C@@H]2[C@H](OCc1cccnc1)c1ccnc2ccccc12. The van der Waals surface area contributed by atoms with Crippen molar-refractivity contribution in [2.75, 3.05) is 13.1 Å². The molecular formula is C40H40N3O+. The van der Waals surface area contributed by atoms with Gasteiger partial charge in [-0.25, -0.2) is 0 Å². The summed E-state index contributed by atoms with van der Waals surface area (Å²) in [6.45, 7) is 6.37. The van der Waals surface area contributed by atoms with Crippen LogP contribution in [-0.2, 0) is 17.9 Å². The monoisotopic (exact) mass is 578 g/mol. The van der Waals surface area contributed by atoms with Crippen molar-refractivity contribution in [3.8, 4) is 0 Å². The number of pyridine rings is 2. The molecule has 44 heavy (non-hydrogen) atoms. The molecule has 4 nitrogen and oxygen atoms in total. The first-order valence-corrected chi connectivity index (χ1v) is 16.3. The zero-order valence-electron chi connectivity index (χ0n) is 25.5. The standard InChI is InChI=1S/C40H40N3O/c1-2-29-25-43(26-37-33-13-5-3-11-31(33)22-32-12-4-6-14-34(32)37)21-18-30(29)23-39(43)40(44-27-28-10-9-19-41-24-28)36-17-20-42-38-16-8-7-15-35(36)38/h3-17,19-20,22,24,29-30,39-40H,2,18,21,23,25-27H2,1H3/q+1/t29-,30-,39+,40+,43-/m0/s1. The van der Waals surface area contributed by atoms with E-state index in [9.17, 15) is 0 Å². The van der Waals surface area contributed by atoms with E-state index < -0.39 is 0 Å². The van der Waals surface area contributed by atoms with E-state index in [1.54, 1.807) is 0 Å². The van der Waals surface area contributed by atoms with E-state index in [4.69, 9.17) is 9.72 Å². The molecule has 0 unspecified atom stereocenters. The minimum atomic E-state index is -0.0510. The number of piperidine rings is 3. The molecule has 5 atom stereocenters. The molecule has 0 N–H and O–H groups in total. The van der Waals surface area contributed by atoms with Crippen molar-refractivity contribution in [1.82, 2.24) is 9.97 Å². The highest BCUT2D eigenvalue weighted by Crippen LogP contribution is 2.50. The third-order valence-corrected chi connectivity index (χ3v) is 10.8. The lowest BCUT2D eigenvalue weighted by molar-refractivity contribution is -0.985. The zero-order valence-corrected chi connectivity index (χ0v) is 25.5. The van der Waals surface area contributed by atoms with Crippen molar-refractivity contribution in [2.24, 2.45) is 11.8 Å². The van der Waals surface area contributed by atoms with Gasteiger partial charge in [0.15, 0.2) is 0 Å². The molecule has 9 rings (SSSR count). The Hall–Kier alpha value is -4.12. The second kappa shape index (κ2) is 11.4. The molecule has 4 aromatic carbocycles. The van der Waals surface area contributed by atoms with Crippen LogP contribution in [0.1, 0.15) is 49.0 Å². The van der Waals surface area contributed by atoms with E-state index in [1.165, 1.54) is 70.4 Å². The van der Waals surface area contributed by atoms with Crippen LogP contribution in [0.25, 0.3) is 32.4 Å². The van der Waals surface area contributed by atoms with Gasteiger partial charge in [-0.3, -0.25) is 9.97 Å². The number of benzene rings is 4. The maximum Gasteiger partial charge on any atom is 0.135 e. The van der Waals surface area contributed by atoms with Gasteiger partial charge < -0.3 is 9.22 Å². The molecule has 3 fully saturated rings. The average molecular weight is 579 g/mol. The van der Waals surface area contributed by atoms with Gasteiger partial charge >= 0.3 is 0 Å². The Morgan fingerprint density at radius 3 is 2.34 bits per heavy atom. The summed E-state index contributed by atoms with van der Waals surface area (Å²) in [4.78, 5) is 9.13. The Kier molecular flexibility index (Phi) is 7.12. The van der Waals surface area contributed by atoms with Gasteiger partial charge in [-0.1, -0.05) is 79.7 Å². The minimum Gasteiger partial charge on any atom is -0.363 e. The van der Waals surface area contributed by atoms with Crippen molar-refractivity contribution < 1.29 is 9.22 Å². The maximum atomic E-state index is 7.14. The van der Waals surface area contributed by atoms with Gasteiger partial charge in [0.05, 0.1) is 25.2 Å². The lowest BCUT2D eigenvalue weighted by atomic mass is 9.70. The summed E-state index contributed by atoms with van der Waals surface area (Å²) in [6, 6.07) is 35.6. The predicted octanol–water partition coefficient (Wildman–Crippen LogP) is 9.03. The lowest BCUT2D eigenvalue weighted by Crippen LogP contribution is -2.67. The van der Waals surface area contributed by atoms with E-state index in [2.05, 4.69) is 103 Å². The number of quaternary nitrogens is 1. The highest BCUT2D eigenvalue weighted by Gasteiger charge is 2.55. The largest absolute Gasteiger partial charge is 0.363 e. The minimum absolute atomic E-state index is 0.0510. The number of hydrogen-bond acceptors (Lipinski definition) is 3. The normalized spacial score (nSPS) is 23.8. The highest BCUT2D eigenvalue weighted by atomic mass is 16.5. The fraction of sp³-hybridized carbons (Fsp3) is 0.300. The molecule has 3 aliphatic rings. The van der Waals surface area contributed by atoms with Crippen LogP contribution < -0.4 is 0 Å². The smallest absolute Gasteiger partial charge is 0.135 e. The number of ether oxygens (including phenoxy) is 1. The molecule has 4 heteroatoms. The van der Waals surface area contributed by atoms with E-state index in [0.29, 0.717) is 12.6 Å². The molecule has 0 saturated carbocycles. The van der Waals surface area contributed by atoms with Crippen molar-refractivity contribution >= 4 is 32.4 Å². The number of aromatic nitrogens is 2. The molecule has 2 bridgehead atoms. The van der Waals surface area contributed by atoms with Crippen LogP contribution in [0.15, 0.2) is 116 Å². The molecule has 6 aromatic rings. The van der Waals surface area contributed by atoms with E-state index in [1.807, 2.05) is 24.7 Å².